The first-order valence-electron chi connectivity index (χ1n) is 5.51. The fraction of sp³-hybridized carbons (Fsp3) is 0.385. The van der Waals surface area contributed by atoms with Gasteiger partial charge < -0.3 is 10.1 Å². The van der Waals surface area contributed by atoms with Gasteiger partial charge in [-0.05, 0) is 36.6 Å². The van der Waals surface area contributed by atoms with E-state index in [0.717, 1.165) is 18.6 Å². The van der Waals surface area contributed by atoms with Crippen LogP contribution in [-0.2, 0) is 4.74 Å². The fourth-order valence-corrected chi connectivity index (χ4v) is 1.72. The third kappa shape index (κ3) is 2.83. The van der Waals surface area contributed by atoms with E-state index in [1.54, 1.807) is 6.07 Å². The summed E-state index contributed by atoms with van der Waals surface area (Å²) in [6.45, 7) is 4.05. The molecule has 16 heavy (non-hydrogen) atoms. The highest BCUT2D eigenvalue weighted by Crippen LogP contribution is 2.16. The van der Waals surface area contributed by atoms with Crippen LogP contribution in [0.1, 0.15) is 12.0 Å². The van der Waals surface area contributed by atoms with E-state index >= 15 is 0 Å². The number of nitrogens with one attached hydrogen (secondary N) is 1. The Morgan fingerprint density at radius 1 is 1.44 bits per heavy atom. The highest BCUT2D eigenvalue weighted by Gasteiger charge is 2.05. The number of hydrogen-bond acceptors (Lipinski definition) is 2. The Morgan fingerprint density at radius 2 is 2.31 bits per heavy atom. The number of ether oxygens (including phenoxy) is 1. The van der Waals surface area contributed by atoms with E-state index < -0.39 is 0 Å². The molecule has 1 aromatic carbocycles. The Kier molecular flexibility index (Phi) is 3.57. The lowest BCUT2D eigenvalue weighted by Crippen LogP contribution is -2.14. The zero-order valence-electron chi connectivity index (χ0n) is 9.42. The van der Waals surface area contributed by atoms with Crippen molar-refractivity contribution in [2.45, 2.75) is 13.3 Å². The smallest absolute Gasteiger partial charge is 0.146 e. The van der Waals surface area contributed by atoms with Crippen molar-refractivity contribution in [3.63, 3.8) is 0 Å². The minimum absolute atomic E-state index is 0.206. The molecule has 1 N–H and O–H groups in total. The monoisotopic (exact) mass is 221 g/mol. The average molecular weight is 221 g/mol. The lowest BCUT2D eigenvalue weighted by atomic mass is 10.1. The van der Waals surface area contributed by atoms with Crippen LogP contribution in [0.2, 0.25) is 0 Å². The van der Waals surface area contributed by atoms with Gasteiger partial charge in [0.2, 0.25) is 0 Å². The molecule has 1 aliphatic rings. The second-order valence-corrected chi connectivity index (χ2v) is 4.04. The first kappa shape index (κ1) is 11.1. The Bertz CT molecular complexity index is 401. The average Bonchev–Trinajstić information content (AvgIpc) is 2.32. The molecule has 0 spiro atoms. The molecule has 0 unspecified atom stereocenters. The molecule has 0 saturated heterocycles. The first-order chi connectivity index (χ1) is 7.75. The number of benzene rings is 1. The Morgan fingerprint density at radius 3 is 3.06 bits per heavy atom. The lowest BCUT2D eigenvalue weighted by Gasteiger charge is -2.15. The SMILES string of the molecule is Cc1ccc(F)c(NCC2=CCCOC2)c1. The number of anilines is 1. The fourth-order valence-electron chi connectivity index (χ4n) is 1.72. The van der Waals surface area contributed by atoms with Crippen LogP contribution in [-0.4, -0.2) is 19.8 Å². The van der Waals surface area contributed by atoms with Gasteiger partial charge in [-0.25, -0.2) is 4.39 Å². The molecule has 1 heterocycles. The van der Waals surface area contributed by atoms with Crippen molar-refractivity contribution in [3.8, 4) is 0 Å². The number of aryl methyl sites for hydroxylation is 1. The molecular weight excluding hydrogens is 205 g/mol. The quantitative estimate of drug-likeness (QED) is 0.792. The maximum Gasteiger partial charge on any atom is 0.146 e. The summed E-state index contributed by atoms with van der Waals surface area (Å²) < 4.78 is 18.7. The standard InChI is InChI=1S/C13H16FNO/c1-10-4-5-12(14)13(7-10)15-8-11-3-2-6-16-9-11/h3-5,7,15H,2,6,8-9H2,1H3. The van der Waals surface area contributed by atoms with E-state index in [9.17, 15) is 4.39 Å². The van der Waals surface area contributed by atoms with E-state index in [1.807, 2.05) is 13.0 Å². The molecular formula is C13H16FNO. The number of rotatable bonds is 3. The highest BCUT2D eigenvalue weighted by atomic mass is 19.1. The third-order valence-electron chi connectivity index (χ3n) is 2.61. The zero-order chi connectivity index (χ0) is 11.4. The van der Waals surface area contributed by atoms with E-state index in [-0.39, 0.29) is 5.82 Å². The van der Waals surface area contributed by atoms with Gasteiger partial charge >= 0.3 is 0 Å². The summed E-state index contributed by atoms with van der Waals surface area (Å²) >= 11 is 0. The molecule has 0 amide bonds. The predicted octanol–water partition coefficient (Wildman–Crippen LogP) is 2.89. The number of hydrogen-bond donors (Lipinski definition) is 1. The van der Waals surface area contributed by atoms with E-state index in [4.69, 9.17) is 4.74 Å². The third-order valence-corrected chi connectivity index (χ3v) is 2.61. The van der Waals surface area contributed by atoms with Crippen molar-refractivity contribution in [1.29, 1.82) is 0 Å². The molecule has 0 aromatic heterocycles. The molecule has 0 aliphatic carbocycles. The minimum atomic E-state index is -0.206. The van der Waals surface area contributed by atoms with Crippen molar-refractivity contribution < 1.29 is 9.13 Å². The topological polar surface area (TPSA) is 21.3 Å². The molecule has 0 saturated carbocycles. The van der Waals surface area contributed by atoms with Gasteiger partial charge in [-0.3, -0.25) is 0 Å². The van der Waals surface area contributed by atoms with Crippen LogP contribution in [0.4, 0.5) is 10.1 Å². The first-order valence-corrected chi connectivity index (χ1v) is 5.51. The van der Waals surface area contributed by atoms with Crippen LogP contribution in [0, 0.1) is 12.7 Å². The second kappa shape index (κ2) is 5.12. The van der Waals surface area contributed by atoms with Crippen LogP contribution in [0.3, 0.4) is 0 Å². The Hall–Kier alpha value is -1.35. The summed E-state index contributed by atoms with van der Waals surface area (Å²) in [5, 5.41) is 3.10. The summed E-state index contributed by atoms with van der Waals surface area (Å²) in [6, 6.07) is 5.08. The summed E-state index contributed by atoms with van der Waals surface area (Å²) in [6.07, 6.45) is 3.11. The molecule has 2 nitrogen and oxygen atoms in total. The highest BCUT2D eigenvalue weighted by molar-refractivity contribution is 5.48. The maximum atomic E-state index is 13.4. The summed E-state index contributed by atoms with van der Waals surface area (Å²) in [7, 11) is 0. The van der Waals surface area contributed by atoms with Crippen molar-refractivity contribution in [3.05, 3.63) is 41.2 Å². The molecule has 3 heteroatoms. The van der Waals surface area contributed by atoms with Gasteiger partial charge in [0.05, 0.1) is 18.9 Å². The van der Waals surface area contributed by atoms with E-state index in [1.165, 1.54) is 11.6 Å². The maximum absolute atomic E-state index is 13.4. The second-order valence-electron chi connectivity index (χ2n) is 4.04. The zero-order valence-corrected chi connectivity index (χ0v) is 9.42. The Balaban J connectivity index is 1.98. The van der Waals surface area contributed by atoms with Gasteiger partial charge in [-0.15, -0.1) is 0 Å². The van der Waals surface area contributed by atoms with E-state index in [0.29, 0.717) is 18.8 Å². The van der Waals surface area contributed by atoms with Crippen LogP contribution >= 0.6 is 0 Å². The van der Waals surface area contributed by atoms with Crippen molar-refractivity contribution in [2.24, 2.45) is 0 Å². The van der Waals surface area contributed by atoms with Crippen LogP contribution in [0.25, 0.3) is 0 Å². The van der Waals surface area contributed by atoms with Gasteiger partial charge in [0.15, 0.2) is 0 Å². The molecule has 86 valence electrons. The molecule has 0 bridgehead atoms. The number of halogens is 1. The normalized spacial score (nSPS) is 15.8. The van der Waals surface area contributed by atoms with Crippen molar-refractivity contribution in [1.82, 2.24) is 0 Å². The van der Waals surface area contributed by atoms with Crippen molar-refractivity contribution in [2.75, 3.05) is 25.1 Å². The predicted molar refractivity (Wildman–Crippen MR) is 63.1 cm³/mol. The molecule has 1 aliphatic heterocycles. The van der Waals surface area contributed by atoms with Crippen LogP contribution in [0.5, 0.6) is 0 Å². The van der Waals surface area contributed by atoms with Gasteiger partial charge in [0, 0.05) is 6.54 Å². The minimum Gasteiger partial charge on any atom is -0.379 e. The van der Waals surface area contributed by atoms with Crippen molar-refractivity contribution >= 4 is 5.69 Å². The van der Waals surface area contributed by atoms with Crippen LogP contribution in [0.15, 0.2) is 29.8 Å². The largest absolute Gasteiger partial charge is 0.379 e. The van der Waals surface area contributed by atoms with Gasteiger partial charge in [-0.2, -0.15) is 0 Å². The molecule has 0 fully saturated rings. The summed E-state index contributed by atoms with van der Waals surface area (Å²) in [4.78, 5) is 0. The molecule has 0 atom stereocenters. The summed E-state index contributed by atoms with van der Waals surface area (Å²) in [5.41, 5.74) is 2.80. The molecule has 2 rings (SSSR count). The van der Waals surface area contributed by atoms with E-state index in [2.05, 4.69) is 11.4 Å². The molecule has 1 aromatic rings. The summed E-state index contributed by atoms with van der Waals surface area (Å²) in [5.74, 6) is -0.206. The van der Waals surface area contributed by atoms with Gasteiger partial charge in [0.25, 0.3) is 0 Å². The van der Waals surface area contributed by atoms with Gasteiger partial charge in [0.1, 0.15) is 5.82 Å². The van der Waals surface area contributed by atoms with Gasteiger partial charge in [-0.1, -0.05) is 12.1 Å². The van der Waals surface area contributed by atoms with Crippen LogP contribution < -0.4 is 5.32 Å². The molecule has 0 radical (unpaired) electrons. The Labute approximate surface area is 95.1 Å². The lowest BCUT2D eigenvalue weighted by molar-refractivity contribution is 0.150.